The molecule has 1 unspecified atom stereocenters. The van der Waals surface area contributed by atoms with Crippen molar-refractivity contribution in [3.63, 3.8) is 0 Å². The Morgan fingerprint density at radius 2 is 2.05 bits per heavy atom. The largest absolute Gasteiger partial charge is 0.327 e. The summed E-state index contributed by atoms with van der Waals surface area (Å²) in [4.78, 5) is 0. The lowest BCUT2D eigenvalue weighted by atomic mass is 10.0. The highest BCUT2D eigenvalue weighted by Crippen LogP contribution is 2.29. The molecule has 0 saturated heterocycles. The summed E-state index contributed by atoms with van der Waals surface area (Å²) in [6.45, 7) is 0. The van der Waals surface area contributed by atoms with Gasteiger partial charge < -0.3 is 5.73 Å². The first-order chi connectivity index (χ1) is 9.16. The lowest BCUT2D eigenvalue weighted by molar-refractivity contribution is 0.515. The molecule has 1 aliphatic carbocycles. The van der Waals surface area contributed by atoms with Crippen LogP contribution in [0.25, 0.3) is 0 Å². The molecule has 2 N–H and O–H groups in total. The van der Waals surface area contributed by atoms with E-state index in [1.807, 2.05) is 11.8 Å². The van der Waals surface area contributed by atoms with E-state index in [1.165, 1.54) is 32.1 Å². The fraction of sp³-hybridized carbons (Fsp3) is 0.600. The zero-order valence-corrected chi connectivity index (χ0v) is 12.7. The molecule has 1 aromatic carbocycles. The van der Waals surface area contributed by atoms with Crippen molar-refractivity contribution in [2.24, 2.45) is 5.73 Å². The number of hydrogen-bond donors (Lipinski definition) is 1. The van der Waals surface area contributed by atoms with Gasteiger partial charge in [-0.25, -0.2) is 4.39 Å². The quantitative estimate of drug-likeness (QED) is 0.871. The van der Waals surface area contributed by atoms with Gasteiger partial charge in [-0.2, -0.15) is 11.8 Å². The number of benzene rings is 1. The molecule has 0 aromatic heterocycles. The molecule has 1 aliphatic rings. The fourth-order valence-corrected chi connectivity index (χ4v) is 4.04. The molecule has 1 fully saturated rings. The maximum atomic E-state index is 13.8. The normalized spacial score (nSPS) is 18.5. The lowest BCUT2D eigenvalue weighted by Gasteiger charge is -2.22. The van der Waals surface area contributed by atoms with Gasteiger partial charge in [0.05, 0.1) is 5.02 Å². The molecule has 4 heteroatoms. The number of hydrogen-bond acceptors (Lipinski definition) is 2. The Balaban J connectivity index is 1.80. The van der Waals surface area contributed by atoms with E-state index in [1.54, 1.807) is 18.2 Å². The summed E-state index contributed by atoms with van der Waals surface area (Å²) in [6, 6.07) is 5.12. The minimum Gasteiger partial charge on any atom is -0.327 e. The monoisotopic (exact) mass is 301 g/mol. The Bertz CT molecular complexity index is 407. The standard InChI is InChI=1S/C15H21ClFNS/c16-14-8-4-5-11(15(14)17)9-12(18)10-19-13-6-2-1-3-7-13/h4-5,8,12-13H,1-3,6-7,9-10,18H2. The minimum absolute atomic E-state index is 0.0000989. The first-order valence-corrected chi connectivity index (χ1v) is 8.39. The number of rotatable bonds is 5. The number of halogens is 2. The van der Waals surface area contributed by atoms with Gasteiger partial charge in [-0.05, 0) is 30.9 Å². The smallest absolute Gasteiger partial charge is 0.145 e. The van der Waals surface area contributed by atoms with E-state index in [0.29, 0.717) is 12.0 Å². The maximum Gasteiger partial charge on any atom is 0.145 e. The molecular formula is C15H21ClFNS. The molecule has 19 heavy (non-hydrogen) atoms. The summed E-state index contributed by atoms with van der Waals surface area (Å²) in [5.41, 5.74) is 6.74. The molecule has 1 nitrogen and oxygen atoms in total. The zero-order valence-electron chi connectivity index (χ0n) is 11.1. The minimum atomic E-state index is -0.317. The van der Waals surface area contributed by atoms with Gasteiger partial charge in [-0.3, -0.25) is 0 Å². The van der Waals surface area contributed by atoms with Crippen LogP contribution in [0, 0.1) is 5.82 Å². The molecule has 1 atom stereocenters. The van der Waals surface area contributed by atoms with Crippen LogP contribution in [0.15, 0.2) is 18.2 Å². The highest BCUT2D eigenvalue weighted by molar-refractivity contribution is 7.99. The van der Waals surface area contributed by atoms with E-state index in [-0.39, 0.29) is 16.9 Å². The summed E-state index contributed by atoms with van der Waals surface area (Å²) < 4.78 is 13.8. The van der Waals surface area contributed by atoms with Gasteiger partial charge in [0, 0.05) is 17.0 Å². The van der Waals surface area contributed by atoms with Crippen molar-refractivity contribution in [1.82, 2.24) is 0 Å². The van der Waals surface area contributed by atoms with Crippen LogP contribution in [0.5, 0.6) is 0 Å². The van der Waals surface area contributed by atoms with Crippen LogP contribution in [0.2, 0.25) is 5.02 Å². The van der Waals surface area contributed by atoms with Crippen molar-refractivity contribution in [3.8, 4) is 0 Å². The van der Waals surface area contributed by atoms with Crippen LogP contribution in [0.4, 0.5) is 4.39 Å². The summed E-state index contributed by atoms with van der Waals surface area (Å²) >= 11 is 7.73. The third kappa shape index (κ3) is 4.66. The SMILES string of the molecule is NC(CSC1CCCCC1)Cc1cccc(Cl)c1F. The van der Waals surface area contributed by atoms with E-state index < -0.39 is 0 Å². The Hall–Kier alpha value is -0.250. The average Bonchev–Trinajstić information content (AvgIpc) is 2.43. The van der Waals surface area contributed by atoms with Crippen LogP contribution in [0.1, 0.15) is 37.7 Å². The molecule has 2 rings (SSSR count). The third-order valence-electron chi connectivity index (χ3n) is 3.61. The lowest BCUT2D eigenvalue weighted by Crippen LogP contribution is -2.27. The predicted molar refractivity (Wildman–Crippen MR) is 82.4 cm³/mol. The highest BCUT2D eigenvalue weighted by Gasteiger charge is 2.16. The first-order valence-electron chi connectivity index (χ1n) is 6.97. The van der Waals surface area contributed by atoms with Gasteiger partial charge in [0.2, 0.25) is 0 Å². The maximum absolute atomic E-state index is 13.8. The number of nitrogens with two attached hydrogens (primary N) is 1. The van der Waals surface area contributed by atoms with Gasteiger partial charge in [-0.15, -0.1) is 0 Å². The van der Waals surface area contributed by atoms with E-state index in [0.717, 1.165) is 11.0 Å². The predicted octanol–water partition coefficient (Wildman–Crippen LogP) is 4.41. The van der Waals surface area contributed by atoms with E-state index >= 15 is 0 Å². The van der Waals surface area contributed by atoms with E-state index in [4.69, 9.17) is 17.3 Å². The Morgan fingerprint density at radius 1 is 1.32 bits per heavy atom. The Morgan fingerprint density at radius 3 is 2.79 bits per heavy atom. The van der Waals surface area contributed by atoms with Crippen molar-refractivity contribution in [2.45, 2.75) is 49.8 Å². The van der Waals surface area contributed by atoms with Crippen molar-refractivity contribution >= 4 is 23.4 Å². The molecule has 0 amide bonds. The zero-order chi connectivity index (χ0) is 13.7. The van der Waals surface area contributed by atoms with Crippen LogP contribution >= 0.6 is 23.4 Å². The Kier molecular flexibility index (Phi) is 5.99. The molecule has 0 bridgehead atoms. The molecule has 0 spiro atoms. The van der Waals surface area contributed by atoms with Crippen molar-refractivity contribution in [3.05, 3.63) is 34.6 Å². The molecular weight excluding hydrogens is 281 g/mol. The Labute approximate surface area is 124 Å². The molecule has 1 saturated carbocycles. The molecule has 0 heterocycles. The molecule has 0 aliphatic heterocycles. The summed E-state index contributed by atoms with van der Waals surface area (Å²) in [5, 5.41) is 0.939. The summed E-state index contributed by atoms with van der Waals surface area (Å²) in [5.74, 6) is 0.582. The third-order valence-corrected chi connectivity index (χ3v) is 5.47. The van der Waals surface area contributed by atoms with Gasteiger partial charge in [-0.1, -0.05) is 43.0 Å². The van der Waals surface area contributed by atoms with Gasteiger partial charge in [0.15, 0.2) is 0 Å². The van der Waals surface area contributed by atoms with Gasteiger partial charge >= 0.3 is 0 Å². The topological polar surface area (TPSA) is 26.0 Å². The average molecular weight is 302 g/mol. The van der Waals surface area contributed by atoms with Gasteiger partial charge in [0.25, 0.3) is 0 Å². The summed E-state index contributed by atoms with van der Waals surface area (Å²) in [7, 11) is 0. The van der Waals surface area contributed by atoms with Crippen LogP contribution in [0.3, 0.4) is 0 Å². The molecule has 1 aromatic rings. The van der Waals surface area contributed by atoms with Crippen molar-refractivity contribution in [1.29, 1.82) is 0 Å². The number of thioether (sulfide) groups is 1. The van der Waals surface area contributed by atoms with Crippen LogP contribution in [-0.2, 0) is 6.42 Å². The van der Waals surface area contributed by atoms with Crippen molar-refractivity contribution < 1.29 is 4.39 Å². The second-order valence-electron chi connectivity index (χ2n) is 5.27. The molecule has 0 radical (unpaired) electrons. The van der Waals surface area contributed by atoms with Gasteiger partial charge in [0.1, 0.15) is 5.82 Å². The first kappa shape index (κ1) is 15.1. The summed E-state index contributed by atoms with van der Waals surface area (Å²) in [6.07, 6.45) is 7.24. The molecule has 106 valence electrons. The van der Waals surface area contributed by atoms with E-state index in [9.17, 15) is 4.39 Å². The van der Waals surface area contributed by atoms with Crippen LogP contribution < -0.4 is 5.73 Å². The van der Waals surface area contributed by atoms with Crippen LogP contribution in [-0.4, -0.2) is 17.0 Å². The van der Waals surface area contributed by atoms with E-state index in [2.05, 4.69) is 0 Å². The highest BCUT2D eigenvalue weighted by atomic mass is 35.5. The second kappa shape index (κ2) is 7.51. The second-order valence-corrected chi connectivity index (χ2v) is 7.01. The fourth-order valence-electron chi connectivity index (χ4n) is 2.54. The van der Waals surface area contributed by atoms with Crippen molar-refractivity contribution in [2.75, 3.05) is 5.75 Å².